The molecule has 4 N–H and O–H groups in total. The third-order valence-electron chi connectivity index (χ3n) is 4.99. The highest BCUT2D eigenvalue weighted by molar-refractivity contribution is 6.13. The highest BCUT2D eigenvalue weighted by Gasteiger charge is 2.16. The molecule has 1 aliphatic rings. The van der Waals surface area contributed by atoms with Gasteiger partial charge in [0.05, 0.1) is 29.5 Å². The zero-order valence-electron chi connectivity index (χ0n) is 15.1. The number of rotatable bonds is 5. The average molecular weight is 361 g/mol. The maximum atomic E-state index is 8.62. The standard InChI is InChI=1S/C20H23N7/c21-18-11-25-19(15-2-1-5-24-9-15)8-17(18)20(22)16-10-26-27(13-16)12-14-3-6-23-7-4-14/h1-2,5,8-11,13-14,22-23H,3-4,6-7,12,21H2. The smallest absolute Gasteiger partial charge is 0.0738 e. The topological polar surface area (TPSA) is 106 Å². The van der Waals surface area contributed by atoms with Gasteiger partial charge in [0.1, 0.15) is 0 Å². The van der Waals surface area contributed by atoms with Crippen molar-refractivity contribution in [3.8, 4) is 11.3 Å². The van der Waals surface area contributed by atoms with Crippen LogP contribution in [0.25, 0.3) is 11.3 Å². The van der Waals surface area contributed by atoms with Crippen LogP contribution in [-0.4, -0.2) is 38.5 Å². The van der Waals surface area contributed by atoms with E-state index in [0.717, 1.165) is 36.5 Å². The van der Waals surface area contributed by atoms with E-state index in [1.807, 2.05) is 29.1 Å². The van der Waals surface area contributed by atoms with Gasteiger partial charge in [-0.2, -0.15) is 5.10 Å². The molecule has 3 aromatic rings. The molecule has 0 unspecified atom stereocenters. The summed E-state index contributed by atoms with van der Waals surface area (Å²) < 4.78 is 1.94. The van der Waals surface area contributed by atoms with Crippen molar-refractivity contribution in [1.29, 1.82) is 5.41 Å². The number of anilines is 1. The summed E-state index contributed by atoms with van der Waals surface area (Å²) in [6.07, 6.45) is 11.1. The van der Waals surface area contributed by atoms with Gasteiger partial charge in [-0.25, -0.2) is 0 Å². The Kier molecular flexibility index (Phi) is 4.93. The van der Waals surface area contributed by atoms with Crippen molar-refractivity contribution < 1.29 is 0 Å². The van der Waals surface area contributed by atoms with Crippen molar-refractivity contribution in [1.82, 2.24) is 25.1 Å². The summed E-state index contributed by atoms with van der Waals surface area (Å²) in [5.74, 6) is 0.636. The summed E-state index contributed by atoms with van der Waals surface area (Å²) in [6.45, 7) is 3.03. The van der Waals surface area contributed by atoms with E-state index in [-0.39, 0.29) is 0 Å². The molecule has 4 rings (SSSR count). The Bertz CT molecular complexity index is 927. The predicted octanol–water partition coefficient (Wildman–Crippen LogP) is 2.34. The molecular weight excluding hydrogens is 338 g/mol. The van der Waals surface area contributed by atoms with Crippen molar-refractivity contribution in [3.05, 3.63) is 60.3 Å². The minimum Gasteiger partial charge on any atom is -0.397 e. The van der Waals surface area contributed by atoms with Crippen LogP contribution in [0.4, 0.5) is 5.69 Å². The van der Waals surface area contributed by atoms with Crippen LogP contribution in [0, 0.1) is 11.3 Å². The van der Waals surface area contributed by atoms with Crippen molar-refractivity contribution >= 4 is 11.4 Å². The first-order valence-electron chi connectivity index (χ1n) is 9.19. The molecule has 0 atom stereocenters. The lowest BCUT2D eigenvalue weighted by Crippen LogP contribution is -2.29. The zero-order valence-corrected chi connectivity index (χ0v) is 15.1. The van der Waals surface area contributed by atoms with Gasteiger partial charge in [0.15, 0.2) is 0 Å². The minimum atomic E-state index is 0.358. The fourth-order valence-electron chi connectivity index (χ4n) is 3.43. The molecule has 0 aromatic carbocycles. The van der Waals surface area contributed by atoms with E-state index in [0.29, 0.717) is 22.9 Å². The number of hydrogen-bond donors (Lipinski definition) is 3. The molecular formula is C20H23N7. The number of nitrogens with one attached hydrogen (secondary N) is 2. The monoisotopic (exact) mass is 361 g/mol. The van der Waals surface area contributed by atoms with Crippen LogP contribution in [-0.2, 0) is 6.54 Å². The third kappa shape index (κ3) is 3.88. The summed E-state index contributed by atoms with van der Waals surface area (Å²) in [7, 11) is 0. The number of piperidine rings is 1. The molecule has 1 fully saturated rings. The number of pyridine rings is 2. The number of nitrogens with two attached hydrogens (primary N) is 1. The minimum absolute atomic E-state index is 0.358. The molecule has 0 amide bonds. The van der Waals surface area contributed by atoms with E-state index in [9.17, 15) is 0 Å². The molecule has 4 heterocycles. The SMILES string of the molecule is N=C(c1cnn(CC2CCNCC2)c1)c1cc(-c2cccnc2)ncc1N. The molecule has 0 spiro atoms. The first kappa shape index (κ1) is 17.4. The quantitative estimate of drug-likeness (QED) is 0.605. The van der Waals surface area contributed by atoms with Gasteiger partial charge in [0.25, 0.3) is 0 Å². The van der Waals surface area contributed by atoms with Gasteiger partial charge in [-0.3, -0.25) is 20.1 Å². The van der Waals surface area contributed by atoms with Crippen LogP contribution >= 0.6 is 0 Å². The Labute approximate surface area is 158 Å². The van der Waals surface area contributed by atoms with E-state index in [4.69, 9.17) is 11.1 Å². The lowest BCUT2D eigenvalue weighted by molar-refractivity contribution is 0.321. The van der Waals surface area contributed by atoms with Crippen molar-refractivity contribution in [2.45, 2.75) is 19.4 Å². The van der Waals surface area contributed by atoms with Gasteiger partial charge in [-0.15, -0.1) is 0 Å². The number of hydrogen-bond acceptors (Lipinski definition) is 6. The van der Waals surface area contributed by atoms with Gasteiger partial charge in [0, 0.05) is 41.8 Å². The van der Waals surface area contributed by atoms with Gasteiger partial charge in [-0.1, -0.05) is 0 Å². The summed E-state index contributed by atoms with van der Waals surface area (Å²) in [4.78, 5) is 8.51. The van der Waals surface area contributed by atoms with Crippen LogP contribution in [0.2, 0.25) is 0 Å². The molecule has 1 aliphatic heterocycles. The molecule has 3 aromatic heterocycles. The van der Waals surface area contributed by atoms with Gasteiger partial charge in [0.2, 0.25) is 0 Å². The molecule has 0 radical (unpaired) electrons. The fraction of sp³-hybridized carbons (Fsp3) is 0.300. The van der Waals surface area contributed by atoms with Crippen molar-refractivity contribution in [2.75, 3.05) is 18.8 Å². The Morgan fingerprint density at radius 1 is 1.26 bits per heavy atom. The highest BCUT2D eigenvalue weighted by atomic mass is 15.3. The van der Waals surface area contributed by atoms with Gasteiger partial charge in [-0.05, 0) is 50.0 Å². The molecule has 27 heavy (non-hydrogen) atoms. The number of nitrogens with zero attached hydrogens (tertiary/aromatic N) is 4. The largest absolute Gasteiger partial charge is 0.397 e. The predicted molar refractivity (Wildman–Crippen MR) is 106 cm³/mol. The Hall–Kier alpha value is -3.06. The second kappa shape index (κ2) is 7.67. The Balaban J connectivity index is 1.56. The third-order valence-corrected chi connectivity index (χ3v) is 4.99. The molecule has 1 saturated heterocycles. The first-order chi connectivity index (χ1) is 13.2. The number of nitrogen functional groups attached to an aromatic ring is 1. The van der Waals surface area contributed by atoms with E-state index in [2.05, 4.69) is 20.4 Å². The van der Waals surface area contributed by atoms with Crippen LogP contribution < -0.4 is 11.1 Å². The van der Waals surface area contributed by atoms with Crippen LogP contribution in [0.5, 0.6) is 0 Å². The highest BCUT2D eigenvalue weighted by Crippen LogP contribution is 2.23. The summed E-state index contributed by atoms with van der Waals surface area (Å²) in [5, 5.41) is 16.5. The summed E-state index contributed by atoms with van der Waals surface area (Å²) >= 11 is 0. The molecule has 7 heteroatoms. The lowest BCUT2D eigenvalue weighted by atomic mass is 9.98. The first-order valence-corrected chi connectivity index (χ1v) is 9.19. The second-order valence-corrected chi connectivity index (χ2v) is 6.92. The van der Waals surface area contributed by atoms with Crippen LogP contribution in [0.1, 0.15) is 24.0 Å². The lowest BCUT2D eigenvalue weighted by Gasteiger charge is -2.22. The van der Waals surface area contributed by atoms with Crippen molar-refractivity contribution in [2.24, 2.45) is 5.92 Å². The molecule has 0 aliphatic carbocycles. The zero-order chi connectivity index (χ0) is 18.6. The van der Waals surface area contributed by atoms with Crippen molar-refractivity contribution in [3.63, 3.8) is 0 Å². The van der Waals surface area contributed by atoms with Gasteiger partial charge < -0.3 is 11.1 Å². The Morgan fingerprint density at radius 3 is 2.89 bits per heavy atom. The normalized spacial score (nSPS) is 15.0. The maximum Gasteiger partial charge on any atom is 0.0738 e. The summed E-state index contributed by atoms with van der Waals surface area (Å²) in [6, 6.07) is 5.65. The fourth-order valence-corrected chi connectivity index (χ4v) is 3.43. The van der Waals surface area contributed by atoms with Crippen LogP contribution in [0.15, 0.2) is 49.2 Å². The van der Waals surface area contributed by atoms with E-state index < -0.39 is 0 Å². The molecule has 138 valence electrons. The Morgan fingerprint density at radius 2 is 2.11 bits per heavy atom. The van der Waals surface area contributed by atoms with E-state index >= 15 is 0 Å². The molecule has 0 saturated carbocycles. The molecule has 0 bridgehead atoms. The average Bonchev–Trinajstić information content (AvgIpc) is 3.18. The van der Waals surface area contributed by atoms with E-state index in [1.54, 1.807) is 24.8 Å². The van der Waals surface area contributed by atoms with Crippen LogP contribution in [0.3, 0.4) is 0 Å². The summed E-state index contributed by atoms with van der Waals surface area (Å²) in [5.41, 5.74) is 10.0. The van der Waals surface area contributed by atoms with Gasteiger partial charge >= 0.3 is 0 Å². The maximum absolute atomic E-state index is 8.62. The second-order valence-electron chi connectivity index (χ2n) is 6.92. The van der Waals surface area contributed by atoms with E-state index in [1.165, 1.54) is 12.8 Å². The molecule has 7 nitrogen and oxygen atoms in total. The number of aromatic nitrogens is 4.